The van der Waals surface area contributed by atoms with E-state index < -0.39 is 18.8 Å². The summed E-state index contributed by atoms with van der Waals surface area (Å²) in [6.45, 7) is 2.28. The van der Waals surface area contributed by atoms with Crippen LogP contribution in [0, 0.1) is 0 Å². The molecule has 2 atom stereocenters. The predicted octanol–water partition coefficient (Wildman–Crippen LogP) is 0.0385. The van der Waals surface area contributed by atoms with E-state index in [9.17, 15) is 18.0 Å². The van der Waals surface area contributed by atoms with Crippen molar-refractivity contribution in [2.45, 2.75) is 25.7 Å². The van der Waals surface area contributed by atoms with Crippen LogP contribution < -0.4 is 5.73 Å². The van der Waals surface area contributed by atoms with Crippen LogP contribution in [-0.2, 0) is 4.79 Å². The lowest BCUT2D eigenvalue weighted by atomic mass is 10.2. The number of nitrogens with zero attached hydrogens (tertiary/aromatic N) is 2. The van der Waals surface area contributed by atoms with E-state index in [4.69, 9.17) is 5.73 Å². The highest BCUT2D eigenvalue weighted by Crippen LogP contribution is 2.14. The van der Waals surface area contributed by atoms with Crippen molar-refractivity contribution in [1.29, 1.82) is 0 Å². The third-order valence-corrected chi connectivity index (χ3v) is 2.57. The summed E-state index contributed by atoms with van der Waals surface area (Å²) in [6, 6.07) is -0.608. The number of nitrogens with two attached hydrogens (primary N) is 1. The fourth-order valence-corrected chi connectivity index (χ4v) is 1.64. The summed E-state index contributed by atoms with van der Waals surface area (Å²) in [5.74, 6) is -0.230. The Labute approximate surface area is 92.2 Å². The van der Waals surface area contributed by atoms with E-state index in [2.05, 4.69) is 0 Å². The van der Waals surface area contributed by atoms with Crippen LogP contribution in [-0.4, -0.2) is 60.6 Å². The Balaban J connectivity index is 2.42. The number of alkyl halides is 3. The highest BCUT2D eigenvalue weighted by atomic mass is 19.3. The molecule has 0 aromatic rings. The number of hydrogen-bond donors (Lipinski definition) is 1. The lowest BCUT2D eigenvalue weighted by Crippen LogP contribution is -2.55. The van der Waals surface area contributed by atoms with E-state index >= 15 is 0 Å². The van der Waals surface area contributed by atoms with Gasteiger partial charge in [0.25, 0.3) is 6.43 Å². The van der Waals surface area contributed by atoms with Crippen LogP contribution in [0.25, 0.3) is 0 Å². The molecule has 0 aliphatic carbocycles. The average Bonchev–Trinajstić information content (AvgIpc) is 2.27. The van der Waals surface area contributed by atoms with E-state index in [1.807, 2.05) is 0 Å². The third kappa shape index (κ3) is 3.08. The number of piperazine rings is 1. The number of halogens is 3. The van der Waals surface area contributed by atoms with E-state index in [-0.39, 0.29) is 32.1 Å². The maximum absolute atomic E-state index is 12.9. The molecule has 2 unspecified atom stereocenters. The molecule has 1 aliphatic rings. The number of carbonyl (C=O) groups is 1. The van der Waals surface area contributed by atoms with E-state index in [1.165, 1.54) is 4.90 Å². The zero-order valence-corrected chi connectivity index (χ0v) is 9.07. The molecule has 1 amide bonds. The molecule has 0 saturated carbocycles. The van der Waals surface area contributed by atoms with Gasteiger partial charge in [0, 0.05) is 26.2 Å². The molecule has 94 valence electrons. The van der Waals surface area contributed by atoms with Crippen molar-refractivity contribution in [3.05, 3.63) is 0 Å². The molecule has 0 aromatic heterocycles. The molecule has 0 aromatic carbocycles. The van der Waals surface area contributed by atoms with Crippen molar-refractivity contribution in [3.63, 3.8) is 0 Å². The maximum atomic E-state index is 12.9. The van der Waals surface area contributed by atoms with Gasteiger partial charge in [0.1, 0.15) is 0 Å². The van der Waals surface area contributed by atoms with Gasteiger partial charge in [0.05, 0.1) is 6.04 Å². The lowest BCUT2D eigenvalue weighted by molar-refractivity contribution is -0.136. The number of rotatable bonds is 3. The fraction of sp³-hybridized carbons (Fsp3) is 0.889. The summed E-state index contributed by atoms with van der Waals surface area (Å²) >= 11 is 0. The first-order valence-electron chi connectivity index (χ1n) is 5.14. The zero-order valence-electron chi connectivity index (χ0n) is 9.07. The van der Waals surface area contributed by atoms with Crippen molar-refractivity contribution in [1.82, 2.24) is 9.80 Å². The lowest BCUT2D eigenvalue weighted by Gasteiger charge is -2.36. The van der Waals surface area contributed by atoms with Crippen molar-refractivity contribution < 1.29 is 18.0 Å². The Morgan fingerprint density at radius 1 is 1.19 bits per heavy atom. The van der Waals surface area contributed by atoms with Crippen LogP contribution in [0.2, 0.25) is 0 Å². The van der Waals surface area contributed by atoms with Crippen LogP contribution in [0.1, 0.15) is 6.92 Å². The molecule has 0 spiro atoms. The van der Waals surface area contributed by atoms with Gasteiger partial charge >= 0.3 is 0 Å². The Morgan fingerprint density at radius 3 is 2.06 bits per heavy atom. The molecular weight excluding hydrogens is 223 g/mol. The average molecular weight is 239 g/mol. The Bertz CT molecular complexity index is 242. The van der Waals surface area contributed by atoms with Crippen molar-refractivity contribution in [2.24, 2.45) is 5.73 Å². The molecular formula is C9H16F3N3O. The Morgan fingerprint density at radius 2 is 1.69 bits per heavy atom. The Kier molecular flexibility index (Phi) is 4.55. The second-order valence-electron chi connectivity index (χ2n) is 3.86. The van der Waals surface area contributed by atoms with E-state index in [1.54, 1.807) is 6.92 Å². The predicted molar refractivity (Wildman–Crippen MR) is 52.7 cm³/mol. The summed E-state index contributed by atoms with van der Waals surface area (Å²) in [5, 5.41) is 0. The molecule has 0 bridgehead atoms. The standard InChI is InChI=1S/C9H16F3N3O/c1-6(13)9(16)15-4-2-14(3-5-15)8(12)7(10)11/h6-8H,2-5,13H2,1H3. The molecule has 7 heteroatoms. The highest BCUT2D eigenvalue weighted by molar-refractivity contribution is 5.81. The van der Waals surface area contributed by atoms with Crippen LogP contribution in [0.15, 0.2) is 0 Å². The van der Waals surface area contributed by atoms with Crippen LogP contribution in [0.4, 0.5) is 13.2 Å². The second-order valence-corrected chi connectivity index (χ2v) is 3.86. The smallest absolute Gasteiger partial charge is 0.282 e. The summed E-state index contributed by atoms with van der Waals surface area (Å²) in [5.41, 5.74) is 5.41. The molecule has 0 radical (unpaired) electrons. The molecule has 16 heavy (non-hydrogen) atoms. The monoisotopic (exact) mass is 239 g/mol. The summed E-state index contributed by atoms with van der Waals surface area (Å²) in [4.78, 5) is 14.0. The molecule has 1 fully saturated rings. The van der Waals surface area contributed by atoms with E-state index in [0.29, 0.717) is 0 Å². The zero-order chi connectivity index (χ0) is 12.3. The molecule has 1 saturated heterocycles. The second kappa shape index (κ2) is 5.49. The maximum Gasteiger partial charge on any atom is 0.282 e. The first-order valence-corrected chi connectivity index (χ1v) is 5.14. The van der Waals surface area contributed by atoms with Crippen LogP contribution >= 0.6 is 0 Å². The van der Waals surface area contributed by atoms with Crippen molar-refractivity contribution in [2.75, 3.05) is 26.2 Å². The third-order valence-electron chi connectivity index (χ3n) is 2.57. The number of amides is 1. The van der Waals surface area contributed by atoms with E-state index in [0.717, 1.165) is 4.90 Å². The van der Waals surface area contributed by atoms with Gasteiger partial charge in [-0.15, -0.1) is 0 Å². The van der Waals surface area contributed by atoms with Gasteiger partial charge in [-0.1, -0.05) is 0 Å². The van der Waals surface area contributed by atoms with Crippen molar-refractivity contribution >= 4 is 5.91 Å². The molecule has 1 aliphatic heterocycles. The van der Waals surface area contributed by atoms with Gasteiger partial charge in [-0.2, -0.15) is 0 Å². The minimum absolute atomic E-state index is 0.115. The molecule has 1 rings (SSSR count). The van der Waals surface area contributed by atoms with Gasteiger partial charge in [-0.05, 0) is 6.92 Å². The SMILES string of the molecule is CC(N)C(=O)N1CCN(C(F)C(F)F)CC1. The number of carbonyl (C=O) groups excluding carboxylic acids is 1. The number of hydrogen-bond acceptors (Lipinski definition) is 3. The topological polar surface area (TPSA) is 49.6 Å². The highest BCUT2D eigenvalue weighted by Gasteiger charge is 2.31. The van der Waals surface area contributed by atoms with Gasteiger partial charge in [0.15, 0.2) is 0 Å². The Hall–Kier alpha value is -0.820. The molecule has 1 heterocycles. The summed E-state index contributed by atoms with van der Waals surface area (Å²) in [6.07, 6.45) is -5.25. The van der Waals surface area contributed by atoms with Crippen LogP contribution in [0.3, 0.4) is 0 Å². The van der Waals surface area contributed by atoms with Crippen LogP contribution in [0.5, 0.6) is 0 Å². The fourth-order valence-electron chi connectivity index (χ4n) is 1.64. The van der Waals surface area contributed by atoms with Gasteiger partial charge in [-0.3, -0.25) is 9.69 Å². The van der Waals surface area contributed by atoms with Crippen molar-refractivity contribution in [3.8, 4) is 0 Å². The first-order chi connectivity index (χ1) is 7.43. The summed E-state index contributed by atoms with van der Waals surface area (Å²) in [7, 11) is 0. The van der Waals surface area contributed by atoms with Gasteiger partial charge < -0.3 is 10.6 Å². The summed E-state index contributed by atoms with van der Waals surface area (Å²) < 4.78 is 37.1. The minimum atomic E-state index is -3.00. The van der Waals surface area contributed by atoms with Gasteiger partial charge in [-0.25, -0.2) is 13.2 Å². The minimum Gasteiger partial charge on any atom is -0.339 e. The molecule has 2 N–H and O–H groups in total. The van der Waals surface area contributed by atoms with Gasteiger partial charge in [0.2, 0.25) is 12.2 Å². The first kappa shape index (κ1) is 13.2. The molecule has 4 nitrogen and oxygen atoms in total. The largest absolute Gasteiger partial charge is 0.339 e. The quantitative estimate of drug-likeness (QED) is 0.707. The normalized spacial score (nSPS) is 22.2.